The summed E-state index contributed by atoms with van der Waals surface area (Å²) in [5, 5.41) is 3.15. The molecule has 6 nitrogen and oxygen atoms in total. The number of aromatic nitrogens is 2. The SMILES string of the molecule is COC(=O)c1cc2nc(Nc3ccc(OC(F)(F)F)cc3)n(C3CC(C)CC(C)(C)C3)c2cc1F. The van der Waals surface area contributed by atoms with Crippen LogP contribution in [0.4, 0.5) is 29.2 Å². The Hall–Kier alpha value is -3.30. The number of methoxy groups -OCH3 is 1. The van der Waals surface area contributed by atoms with Crippen LogP contribution >= 0.6 is 0 Å². The quantitative estimate of drug-likeness (QED) is 0.307. The van der Waals surface area contributed by atoms with Gasteiger partial charge in [0.25, 0.3) is 0 Å². The van der Waals surface area contributed by atoms with Crippen LogP contribution in [0.2, 0.25) is 0 Å². The van der Waals surface area contributed by atoms with E-state index in [2.05, 4.69) is 40.5 Å². The third-order valence-corrected chi connectivity index (χ3v) is 6.26. The van der Waals surface area contributed by atoms with Crippen LogP contribution in [0.5, 0.6) is 5.75 Å². The Morgan fingerprint density at radius 2 is 1.86 bits per heavy atom. The summed E-state index contributed by atoms with van der Waals surface area (Å²) in [6.45, 7) is 6.56. The van der Waals surface area contributed by atoms with E-state index in [1.807, 2.05) is 4.57 Å². The van der Waals surface area contributed by atoms with Gasteiger partial charge in [0.05, 0.1) is 23.7 Å². The molecule has 1 aliphatic carbocycles. The number of alkyl halides is 3. The van der Waals surface area contributed by atoms with Gasteiger partial charge < -0.3 is 19.4 Å². The smallest absolute Gasteiger partial charge is 0.465 e. The van der Waals surface area contributed by atoms with Gasteiger partial charge in [0, 0.05) is 17.8 Å². The zero-order valence-electron chi connectivity index (χ0n) is 19.9. The van der Waals surface area contributed by atoms with Crippen molar-refractivity contribution in [2.24, 2.45) is 11.3 Å². The van der Waals surface area contributed by atoms with E-state index in [1.54, 1.807) is 0 Å². The Morgan fingerprint density at radius 1 is 1.17 bits per heavy atom. The third kappa shape index (κ3) is 5.52. The minimum atomic E-state index is -4.78. The lowest BCUT2D eigenvalue weighted by molar-refractivity contribution is -0.274. The second kappa shape index (κ2) is 9.05. The molecule has 35 heavy (non-hydrogen) atoms. The van der Waals surface area contributed by atoms with Crippen LogP contribution in [0.25, 0.3) is 11.0 Å². The van der Waals surface area contributed by atoms with Gasteiger partial charge in [-0.1, -0.05) is 20.8 Å². The Labute approximate surface area is 200 Å². The number of carbonyl (C=O) groups excluding carboxylic acids is 1. The second-order valence-electron chi connectivity index (χ2n) is 9.88. The van der Waals surface area contributed by atoms with Crippen LogP contribution in [-0.2, 0) is 4.74 Å². The van der Waals surface area contributed by atoms with Gasteiger partial charge in [-0.05, 0) is 60.9 Å². The van der Waals surface area contributed by atoms with Crippen molar-refractivity contribution in [3.05, 3.63) is 47.8 Å². The van der Waals surface area contributed by atoms with Crippen molar-refractivity contribution in [1.29, 1.82) is 0 Å². The van der Waals surface area contributed by atoms with E-state index in [1.165, 1.54) is 43.5 Å². The number of hydrogen-bond donors (Lipinski definition) is 1. The van der Waals surface area contributed by atoms with Crippen molar-refractivity contribution in [3.63, 3.8) is 0 Å². The molecule has 1 fully saturated rings. The summed E-state index contributed by atoms with van der Waals surface area (Å²) in [4.78, 5) is 16.6. The van der Waals surface area contributed by atoms with E-state index in [-0.39, 0.29) is 22.8 Å². The minimum absolute atomic E-state index is 0.00235. The molecular formula is C25H27F4N3O3. The molecule has 188 valence electrons. The maximum Gasteiger partial charge on any atom is 0.573 e. The van der Waals surface area contributed by atoms with E-state index in [0.29, 0.717) is 28.6 Å². The number of imidazole rings is 1. The first kappa shape index (κ1) is 24.8. The summed E-state index contributed by atoms with van der Waals surface area (Å²) in [7, 11) is 1.18. The summed E-state index contributed by atoms with van der Waals surface area (Å²) < 4.78 is 62.9. The average molecular weight is 494 g/mol. The number of anilines is 2. The number of benzene rings is 2. The zero-order chi connectivity index (χ0) is 25.5. The Balaban J connectivity index is 1.77. The Bertz CT molecular complexity index is 1240. The first-order valence-corrected chi connectivity index (χ1v) is 11.3. The summed E-state index contributed by atoms with van der Waals surface area (Å²) in [5.41, 5.74) is 1.24. The van der Waals surface area contributed by atoms with Crippen LogP contribution in [0.1, 0.15) is 56.4 Å². The molecule has 0 saturated heterocycles. The van der Waals surface area contributed by atoms with E-state index < -0.39 is 18.1 Å². The molecule has 0 aliphatic heterocycles. The van der Waals surface area contributed by atoms with E-state index >= 15 is 0 Å². The lowest BCUT2D eigenvalue weighted by Crippen LogP contribution is -2.29. The van der Waals surface area contributed by atoms with Crippen LogP contribution in [0.15, 0.2) is 36.4 Å². The second-order valence-corrected chi connectivity index (χ2v) is 9.88. The van der Waals surface area contributed by atoms with Gasteiger partial charge >= 0.3 is 12.3 Å². The van der Waals surface area contributed by atoms with Crippen LogP contribution in [-0.4, -0.2) is 29.0 Å². The van der Waals surface area contributed by atoms with Gasteiger partial charge in [-0.15, -0.1) is 13.2 Å². The predicted molar refractivity (Wildman–Crippen MR) is 123 cm³/mol. The number of nitrogens with zero attached hydrogens (tertiary/aromatic N) is 2. The highest BCUT2D eigenvalue weighted by molar-refractivity contribution is 5.94. The highest BCUT2D eigenvalue weighted by atomic mass is 19.4. The van der Waals surface area contributed by atoms with Crippen molar-refractivity contribution >= 4 is 28.6 Å². The van der Waals surface area contributed by atoms with Crippen molar-refractivity contribution < 1.29 is 31.8 Å². The molecule has 0 amide bonds. The predicted octanol–water partition coefficient (Wildman–Crippen LogP) is 6.99. The van der Waals surface area contributed by atoms with Gasteiger partial charge in [-0.2, -0.15) is 0 Å². The summed E-state index contributed by atoms with van der Waals surface area (Å²) in [5.74, 6) is -1.04. The first-order valence-electron chi connectivity index (χ1n) is 11.3. The highest BCUT2D eigenvalue weighted by Gasteiger charge is 2.35. The van der Waals surface area contributed by atoms with E-state index in [9.17, 15) is 22.4 Å². The normalized spacial score (nSPS) is 20.0. The van der Waals surface area contributed by atoms with Gasteiger partial charge in [0.2, 0.25) is 5.95 Å². The number of fused-ring (bicyclic) bond motifs is 1. The molecule has 3 aromatic rings. The fraction of sp³-hybridized carbons (Fsp3) is 0.440. The maximum absolute atomic E-state index is 14.9. The lowest BCUT2D eigenvalue weighted by atomic mass is 9.70. The van der Waals surface area contributed by atoms with Gasteiger partial charge in [0.15, 0.2) is 0 Å². The third-order valence-electron chi connectivity index (χ3n) is 6.26. The Kier molecular flexibility index (Phi) is 6.42. The first-order chi connectivity index (χ1) is 16.3. The molecule has 1 aromatic heterocycles. The van der Waals surface area contributed by atoms with Gasteiger partial charge in [-0.25, -0.2) is 14.2 Å². The van der Waals surface area contributed by atoms with E-state index in [4.69, 9.17) is 0 Å². The topological polar surface area (TPSA) is 65.4 Å². The number of halogens is 4. The summed E-state index contributed by atoms with van der Waals surface area (Å²) in [6.07, 6.45) is -2.05. The van der Waals surface area contributed by atoms with Crippen LogP contribution < -0.4 is 10.1 Å². The van der Waals surface area contributed by atoms with Crippen molar-refractivity contribution in [2.45, 2.75) is 52.4 Å². The number of carbonyl (C=O) groups is 1. The molecular weight excluding hydrogens is 466 g/mol. The van der Waals surface area contributed by atoms with Crippen LogP contribution in [0.3, 0.4) is 0 Å². The van der Waals surface area contributed by atoms with Crippen molar-refractivity contribution in [2.75, 3.05) is 12.4 Å². The van der Waals surface area contributed by atoms with Crippen molar-refractivity contribution in [1.82, 2.24) is 9.55 Å². The molecule has 0 spiro atoms. The zero-order valence-corrected chi connectivity index (χ0v) is 19.9. The molecule has 1 saturated carbocycles. The standard InChI is InChI=1S/C25H27F4N3O3/c1-14-9-16(13-24(2,3)12-14)32-21-11-19(26)18(22(33)34-4)10-20(21)31-23(32)30-15-5-7-17(8-6-15)35-25(27,28)29/h5-8,10-11,14,16H,9,12-13H2,1-4H3,(H,30,31). The maximum atomic E-state index is 14.9. The molecule has 10 heteroatoms. The van der Waals surface area contributed by atoms with Crippen LogP contribution in [0, 0.1) is 17.2 Å². The number of esters is 1. The molecule has 1 N–H and O–H groups in total. The number of rotatable bonds is 5. The molecule has 4 rings (SSSR count). The number of hydrogen-bond acceptors (Lipinski definition) is 5. The lowest BCUT2D eigenvalue weighted by Gasteiger charge is -2.40. The van der Waals surface area contributed by atoms with Crippen molar-refractivity contribution in [3.8, 4) is 5.75 Å². The molecule has 2 atom stereocenters. The van der Waals surface area contributed by atoms with E-state index in [0.717, 1.165) is 19.3 Å². The molecule has 2 unspecified atom stereocenters. The highest BCUT2D eigenvalue weighted by Crippen LogP contribution is 2.46. The fourth-order valence-corrected chi connectivity index (χ4v) is 5.20. The molecule has 0 bridgehead atoms. The summed E-state index contributed by atoms with van der Waals surface area (Å²) in [6, 6.07) is 7.92. The molecule has 0 radical (unpaired) electrons. The molecule has 2 aromatic carbocycles. The molecule has 1 aliphatic rings. The fourth-order valence-electron chi connectivity index (χ4n) is 5.20. The minimum Gasteiger partial charge on any atom is -0.465 e. The van der Waals surface area contributed by atoms with Gasteiger partial charge in [-0.3, -0.25) is 0 Å². The Morgan fingerprint density at radius 3 is 2.46 bits per heavy atom. The average Bonchev–Trinajstić information content (AvgIpc) is 3.08. The largest absolute Gasteiger partial charge is 0.573 e. The number of nitrogens with one attached hydrogen (secondary N) is 1. The van der Waals surface area contributed by atoms with Gasteiger partial charge in [0.1, 0.15) is 11.6 Å². The number of ether oxygens (including phenoxy) is 2. The molecule has 1 heterocycles. The summed E-state index contributed by atoms with van der Waals surface area (Å²) >= 11 is 0. The monoisotopic (exact) mass is 493 g/mol.